The van der Waals surface area contributed by atoms with Gasteiger partial charge in [0.05, 0.1) is 7.11 Å². The SMILES string of the molecule is CNC1CCCN(C(=O)C(Cc2cccc(OC)c2)NC(C)=O)C1. The molecule has 1 fully saturated rings. The van der Waals surface area contributed by atoms with Crippen molar-refractivity contribution in [1.29, 1.82) is 0 Å². The smallest absolute Gasteiger partial charge is 0.245 e. The fourth-order valence-electron chi connectivity index (χ4n) is 3.11. The quantitative estimate of drug-likeness (QED) is 0.813. The highest BCUT2D eigenvalue weighted by atomic mass is 16.5. The van der Waals surface area contributed by atoms with Gasteiger partial charge in [0.15, 0.2) is 0 Å². The molecule has 24 heavy (non-hydrogen) atoms. The monoisotopic (exact) mass is 333 g/mol. The number of carbonyl (C=O) groups is 2. The largest absolute Gasteiger partial charge is 0.497 e. The highest BCUT2D eigenvalue weighted by Gasteiger charge is 2.29. The van der Waals surface area contributed by atoms with Gasteiger partial charge in [-0.25, -0.2) is 0 Å². The highest BCUT2D eigenvalue weighted by Crippen LogP contribution is 2.16. The topological polar surface area (TPSA) is 70.7 Å². The Hall–Kier alpha value is -2.08. The van der Waals surface area contributed by atoms with Crippen molar-refractivity contribution in [3.05, 3.63) is 29.8 Å². The third kappa shape index (κ3) is 4.96. The summed E-state index contributed by atoms with van der Waals surface area (Å²) >= 11 is 0. The van der Waals surface area contributed by atoms with Crippen LogP contribution in [0.25, 0.3) is 0 Å². The van der Waals surface area contributed by atoms with E-state index in [1.165, 1.54) is 6.92 Å². The molecule has 1 heterocycles. The molecule has 2 atom stereocenters. The standard InChI is InChI=1S/C18H27N3O3/c1-13(22)20-17(11-14-6-4-8-16(10-14)24-3)18(23)21-9-5-7-15(12-21)19-2/h4,6,8,10,15,17,19H,5,7,9,11-12H2,1-3H3,(H,20,22). The molecule has 2 N–H and O–H groups in total. The van der Waals surface area contributed by atoms with E-state index in [9.17, 15) is 9.59 Å². The Morgan fingerprint density at radius 1 is 1.42 bits per heavy atom. The van der Waals surface area contributed by atoms with E-state index in [1.807, 2.05) is 36.2 Å². The summed E-state index contributed by atoms with van der Waals surface area (Å²) in [4.78, 5) is 26.3. The van der Waals surface area contributed by atoms with E-state index in [4.69, 9.17) is 4.74 Å². The molecule has 6 heteroatoms. The third-order valence-corrected chi connectivity index (χ3v) is 4.39. The molecule has 1 aliphatic rings. The zero-order valence-electron chi connectivity index (χ0n) is 14.7. The molecule has 0 bridgehead atoms. The first-order chi connectivity index (χ1) is 11.5. The number of rotatable bonds is 6. The Balaban J connectivity index is 2.11. The van der Waals surface area contributed by atoms with E-state index in [0.717, 1.165) is 30.7 Å². The predicted molar refractivity (Wildman–Crippen MR) is 93.0 cm³/mol. The summed E-state index contributed by atoms with van der Waals surface area (Å²) in [5.74, 6) is 0.529. The van der Waals surface area contributed by atoms with Crippen LogP contribution in [0.5, 0.6) is 5.75 Å². The van der Waals surface area contributed by atoms with Crippen LogP contribution in [0.15, 0.2) is 24.3 Å². The normalized spacial score (nSPS) is 18.8. The number of likely N-dealkylation sites (tertiary alicyclic amines) is 1. The number of amides is 2. The molecule has 0 radical (unpaired) electrons. The number of nitrogens with zero attached hydrogens (tertiary/aromatic N) is 1. The Bertz CT molecular complexity index is 576. The Morgan fingerprint density at radius 3 is 2.88 bits per heavy atom. The maximum absolute atomic E-state index is 12.9. The Kier molecular flexibility index (Phi) is 6.61. The van der Waals surface area contributed by atoms with Gasteiger partial charge in [-0.05, 0) is 37.6 Å². The van der Waals surface area contributed by atoms with Crippen LogP contribution < -0.4 is 15.4 Å². The van der Waals surface area contributed by atoms with E-state index in [1.54, 1.807) is 7.11 Å². The van der Waals surface area contributed by atoms with E-state index in [-0.39, 0.29) is 11.8 Å². The van der Waals surface area contributed by atoms with E-state index in [2.05, 4.69) is 10.6 Å². The molecule has 1 aromatic carbocycles. The van der Waals surface area contributed by atoms with Crippen LogP contribution in [-0.4, -0.2) is 56.0 Å². The Labute approximate surface area is 143 Å². The van der Waals surface area contributed by atoms with E-state index >= 15 is 0 Å². The second-order valence-electron chi connectivity index (χ2n) is 6.22. The zero-order valence-corrected chi connectivity index (χ0v) is 14.7. The van der Waals surface area contributed by atoms with Crippen molar-refractivity contribution in [2.75, 3.05) is 27.2 Å². The van der Waals surface area contributed by atoms with Crippen molar-refractivity contribution >= 4 is 11.8 Å². The van der Waals surface area contributed by atoms with E-state index < -0.39 is 6.04 Å². The minimum absolute atomic E-state index is 0.0204. The molecule has 2 rings (SSSR count). The number of piperidine rings is 1. The van der Waals surface area contributed by atoms with Gasteiger partial charge in [-0.1, -0.05) is 12.1 Å². The molecule has 0 spiro atoms. The van der Waals surface area contributed by atoms with Gasteiger partial charge in [0.1, 0.15) is 11.8 Å². The predicted octanol–water partition coefficient (Wildman–Crippen LogP) is 0.953. The number of hydrogen-bond acceptors (Lipinski definition) is 4. The fourth-order valence-corrected chi connectivity index (χ4v) is 3.11. The number of carbonyl (C=O) groups excluding carboxylic acids is 2. The molecule has 1 saturated heterocycles. The van der Waals surface area contributed by atoms with Crippen LogP contribution in [0, 0.1) is 0 Å². The molecular formula is C18H27N3O3. The van der Waals surface area contributed by atoms with Crippen molar-refractivity contribution in [3.8, 4) is 5.75 Å². The molecule has 0 aliphatic carbocycles. The minimum atomic E-state index is -0.551. The second kappa shape index (κ2) is 8.68. The molecule has 1 aromatic rings. The fraction of sp³-hybridized carbons (Fsp3) is 0.556. The molecule has 6 nitrogen and oxygen atoms in total. The minimum Gasteiger partial charge on any atom is -0.497 e. The number of benzene rings is 1. The van der Waals surface area contributed by atoms with Gasteiger partial charge in [-0.2, -0.15) is 0 Å². The van der Waals surface area contributed by atoms with Crippen LogP contribution in [0.3, 0.4) is 0 Å². The maximum atomic E-state index is 12.9. The van der Waals surface area contributed by atoms with Crippen LogP contribution in [0.2, 0.25) is 0 Å². The van der Waals surface area contributed by atoms with E-state index in [0.29, 0.717) is 19.0 Å². The molecule has 0 saturated carbocycles. The lowest BCUT2D eigenvalue weighted by atomic mass is 10.0. The number of methoxy groups -OCH3 is 1. The lowest BCUT2D eigenvalue weighted by Gasteiger charge is -2.35. The summed E-state index contributed by atoms with van der Waals surface area (Å²) < 4.78 is 5.23. The number of hydrogen-bond donors (Lipinski definition) is 2. The van der Waals surface area contributed by atoms with Crippen molar-refractivity contribution in [2.45, 2.75) is 38.3 Å². The lowest BCUT2D eigenvalue weighted by Crippen LogP contribution is -2.54. The van der Waals surface area contributed by atoms with Gasteiger partial charge in [-0.15, -0.1) is 0 Å². The van der Waals surface area contributed by atoms with Gasteiger partial charge in [-0.3, -0.25) is 9.59 Å². The van der Waals surface area contributed by atoms with Crippen molar-refractivity contribution in [2.24, 2.45) is 0 Å². The molecule has 2 amide bonds. The molecule has 2 unspecified atom stereocenters. The molecule has 132 valence electrons. The van der Waals surface area contributed by atoms with Crippen LogP contribution in [0.4, 0.5) is 0 Å². The van der Waals surface area contributed by atoms with Gasteiger partial charge >= 0.3 is 0 Å². The van der Waals surface area contributed by atoms with Crippen molar-refractivity contribution < 1.29 is 14.3 Å². The summed E-state index contributed by atoms with van der Waals surface area (Å²) in [5.41, 5.74) is 0.962. The first-order valence-electron chi connectivity index (χ1n) is 8.39. The van der Waals surface area contributed by atoms with Crippen LogP contribution >= 0.6 is 0 Å². The van der Waals surface area contributed by atoms with Gasteiger partial charge in [0.2, 0.25) is 11.8 Å². The number of likely N-dealkylation sites (N-methyl/N-ethyl adjacent to an activating group) is 1. The molecular weight excluding hydrogens is 306 g/mol. The summed E-state index contributed by atoms with van der Waals surface area (Å²) in [6.07, 6.45) is 2.50. The zero-order chi connectivity index (χ0) is 17.5. The van der Waals surface area contributed by atoms with Gasteiger partial charge in [0, 0.05) is 32.5 Å². The maximum Gasteiger partial charge on any atom is 0.245 e. The van der Waals surface area contributed by atoms with Gasteiger partial charge in [0.25, 0.3) is 0 Å². The lowest BCUT2D eigenvalue weighted by molar-refractivity contribution is -0.137. The highest BCUT2D eigenvalue weighted by molar-refractivity contribution is 5.87. The van der Waals surface area contributed by atoms with Crippen molar-refractivity contribution in [3.63, 3.8) is 0 Å². The third-order valence-electron chi connectivity index (χ3n) is 4.39. The number of nitrogens with one attached hydrogen (secondary N) is 2. The molecule has 0 aromatic heterocycles. The first-order valence-corrected chi connectivity index (χ1v) is 8.39. The summed E-state index contributed by atoms with van der Waals surface area (Å²) in [6.45, 7) is 2.87. The summed E-state index contributed by atoms with van der Waals surface area (Å²) in [5, 5.41) is 6.04. The summed E-state index contributed by atoms with van der Waals surface area (Å²) in [7, 11) is 3.53. The molecule has 1 aliphatic heterocycles. The van der Waals surface area contributed by atoms with Crippen molar-refractivity contribution in [1.82, 2.24) is 15.5 Å². The number of ether oxygens (including phenoxy) is 1. The summed E-state index contributed by atoms with van der Waals surface area (Å²) in [6, 6.07) is 7.36. The van der Waals surface area contributed by atoms with Crippen LogP contribution in [0.1, 0.15) is 25.3 Å². The van der Waals surface area contributed by atoms with Gasteiger partial charge < -0.3 is 20.3 Å². The first kappa shape index (κ1) is 18.3. The average Bonchev–Trinajstić information content (AvgIpc) is 2.60. The Morgan fingerprint density at radius 2 is 2.21 bits per heavy atom. The second-order valence-corrected chi connectivity index (χ2v) is 6.22. The van der Waals surface area contributed by atoms with Crippen LogP contribution in [-0.2, 0) is 16.0 Å². The average molecular weight is 333 g/mol.